The van der Waals surface area contributed by atoms with Gasteiger partial charge in [0.2, 0.25) is 11.7 Å². The Kier molecular flexibility index (Phi) is 7.34. The lowest BCUT2D eigenvalue weighted by Gasteiger charge is -2.20. The van der Waals surface area contributed by atoms with Crippen LogP contribution in [0.3, 0.4) is 0 Å². The van der Waals surface area contributed by atoms with Crippen LogP contribution in [0.4, 0.5) is 0 Å². The van der Waals surface area contributed by atoms with Crippen LogP contribution in [0, 0.1) is 0 Å². The maximum Gasteiger partial charge on any atom is 0.217 e. The second-order valence-electron chi connectivity index (χ2n) is 6.10. The first-order valence-electron chi connectivity index (χ1n) is 8.72. The first kappa shape index (κ1) is 20.4. The normalized spacial score (nSPS) is 11.4. The zero-order chi connectivity index (χ0) is 19.8. The van der Waals surface area contributed by atoms with Gasteiger partial charge < -0.3 is 24.3 Å². The molecule has 6 heteroatoms. The van der Waals surface area contributed by atoms with E-state index in [1.54, 1.807) is 28.4 Å². The number of hydrogen-bond acceptors (Lipinski definition) is 5. The van der Waals surface area contributed by atoms with Gasteiger partial charge >= 0.3 is 0 Å². The van der Waals surface area contributed by atoms with Crippen LogP contribution in [-0.4, -0.2) is 34.3 Å². The maximum atomic E-state index is 11.7. The maximum absolute atomic E-state index is 11.7. The molecule has 2 aromatic rings. The lowest BCUT2D eigenvalue weighted by atomic mass is 9.98. The fourth-order valence-corrected chi connectivity index (χ4v) is 3.02. The smallest absolute Gasteiger partial charge is 0.217 e. The number of methoxy groups -OCH3 is 4. The summed E-state index contributed by atoms with van der Waals surface area (Å²) in [6.07, 6.45) is 1.43. The molecule has 146 valence electrons. The number of nitrogens with one attached hydrogen (secondary N) is 1. The van der Waals surface area contributed by atoms with E-state index >= 15 is 0 Å². The van der Waals surface area contributed by atoms with Gasteiger partial charge in [0.05, 0.1) is 34.5 Å². The third-order valence-electron chi connectivity index (χ3n) is 4.32. The van der Waals surface area contributed by atoms with E-state index < -0.39 is 0 Å². The molecule has 1 N–H and O–H groups in total. The molecule has 0 radical (unpaired) electrons. The number of rotatable bonds is 9. The fourth-order valence-electron chi connectivity index (χ4n) is 3.02. The van der Waals surface area contributed by atoms with Crippen LogP contribution in [0.1, 0.15) is 30.5 Å². The summed E-state index contributed by atoms with van der Waals surface area (Å²) in [4.78, 5) is 11.7. The molecule has 0 unspecified atom stereocenters. The van der Waals surface area contributed by atoms with Gasteiger partial charge in [-0.25, -0.2) is 0 Å². The summed E-state index contributed by atoms with van der Waals surface area (Å²) in [5, 5.41) is 3.02. The summed E-state index contributed by atoms with van der Waals surface area (Å²) in [6.45, 7) is 1.52. The van der Waals surface area contributed by atoms with Crippen molar-refractivity contribution in [2.45, 2.75) is 25.8 Å². The molecule has 0 aliphatic heterocycles. The number of hydrogen-bond donors (Lipinski definition) is 1. The number of benzene rings is 2. The third kappa shape index (κ3) is 5.29. The fraction of sp³-hybridized carbons (Fsp3) is 0.381. The minimum Gasteiger partial charge on any atom is -0.497 e. The largest absolute Gasteiger partial charge is 0.497 e. The van der Waals surface area contributed by atoms with Crippen molar-refractivity contribution in [3.8, 4) is 23.0 Å². The van der Waals surface area contributed by atoms with E-state index in [-0.39, 0.29) is 11.9 Å². The topological polar surface area (TPSA) is 66.0 Å². The molecule has 0 bridgehead atoms. The number of carbonyl (C=O) groups excluding carboxylic acids is 1. The summed E-state index contributed by atoms with van der Waals surface area (Å²) in [5.74, 6) is 2.48. The molecule has 0 saturated heterocycles. The minimum atomic E-state index is -0.128. The Morgan fingerprint density at radius 1 is 0.963 bits per heavy atom. The molecule has 0 heterocycles. The third-order valence-corrected chi connectivity index (χ3v) is 4.32. The van der Waals surface area contributed by atoms with Crippen molar-refractivity contribution in [3.05, 3.63) is 47.5 Å². The SMILES string of the molecule is COc1cccc([C@@H](CCc2cc(OC)c(OC)c(OC)c2)NC(C)=O)c1. The lowest BCUT2D eigenvalue weighted by Crippen LogP contribution is -2.26. The van der Waals surface area contributed by atoms with Crippen molar-refractivity contribution in [1.29, 1.82) is 0 Å². The predicted octanol–water partition coefficient (Wildman–Crippen LogP) is 3.53. The van der Waals surface area contributed by atoms with E-state index in [2.05, 4.69) is 5.32 Å². The standard InChI is InChI=1S/C21H27NO5/c1-14(23)22-18(16-7-6-8-17(13-16)24-2)10-9-15-11-19(25-3)21(27-5)20(12-15)26-4/h6-8,11-13,18H,9-10H2,1-5H3,(H,22,23)/t18-/m1/s1. The summed E-state index contributed by atoms with van der Waals surface area (Å²) >= 11 is 0. The van der Waals surface area contributed by atoms with Crippen LogP contribution in [0.5, 0.6) is 23.0 Å². The number of aryl methyl sites for hydroxylation is 1. The first-order chi connectivity index (χ1) is 13.0. The zero-order valence-electron chi connectivity index (χ0n) is 16.5. The van der Waals surface area contributed by atoms with Crippen LogP contribution < -0.4 is 24.3 Å². The molecule has 0 aliphatic rings. The first-order valence-corrected chi connectivity index (χ1v) is 8.72. The van der Waals surface area contributed by atoms with E-state index in [9.17, 15) is 4.79 Å². The van der Waals surface area contributed by atoms with Crippen molar-refractivity contribution in [2.24, 2.45) is 0 Å². The molecule has 0 saturated carbocycles. The Morgan fingerprint density at radius 2 is 1.63 bits per heavy atom. The van der Waals surface area contributed by atoms with Gasteiger partial charge in [-0.3, -0.25) is 4.79 Å². The summed E-state index contributed by atoms with van der Waals surface area (Å²) in [5.41, 5.74) is 2.03. The molecule has 2 rings (SSSR count). The van der Waals surface area contributed by atoms with Gasteiger partial charge in [-0.1, -0.05) is 12.1 Å². The highest BCUT2D eigenvalue weighted by molar-refractivity contribution is 5.73. The number of amides is 1. The van der Waals surface area contributed by atoms with Gasteiger partial charge in [0, 0.05) is 6.92 Å². The van der Waals surface area contributed by atoms with Crippen molar-refractivity contribution in [2.75, 3.05) is 28.4 Å². The highest BCUT2D eigenvalue weighted by Crippen LogP contribution is 2.38. The summed E-state index contributed by atoms with van der Waals surface area (Å²) < 4.78 is 21.5. The molecule has 0 spiro atoms. The molecule has 2 aromatic carbocycles. The molecule has 0 aromatic heterocycles. The molecule has 1 amide bonds. The summed E-state index contributed by atoms with van der Waals surface area (Å²) in [6, 6.07) is 11.5. The Labute approximate surface area is 160 Å². The van der Waals surface area contributed by atoms with E-state index in [0.29, 0.717) is 23.7 Å². The van der Waals surface area contributed by atoms with Crippen molar-refractivity contribution in [1.82, 2.24) is 5.32 Å². The van der Waals surface area contributed by atoms with Gasteiger partial charge in [-0.05, 0) is 48.2 Å². The van der Waals surface area contributed by atoms with Crippen LogP contribution in [0.15, 0.2) is 36.4 Å². The lowest BCUT2D eigenvalue weighted by molar-refractivity contribution is -0.119. The monoisotopic (exact) mass is 373 g/mol. The summed E-state index contributed by atoms with van der Waals surface area (Å²) in [7, 11) is 6.40. The van der Waals surface area contributed by atoms with E-state index in [1.807, 2.05) is 36.4 Å². The van der Waals surface area contributed by atoms with Crippen molar-refractivity contribution in [3.63, 3.8) is 0 Å². The Balaban J connectivity index is 2.25. The zero-order valence-corrected chi connectivity index (χ0v) is 16.5. The Bertz CT molecular complexity index is 750. The minimum absolute atomic E-state index is 0.0762. The van der Waals surface area contributed by atoms with Gasteiger partial charge in [0.15, 0.2) is 11.5 Å². The van der Waals surface area contributed by atoms with Gasteiger partial charge in [0.25, 0.3) is 0 Å². The molecule has 6 nitrogen and oxygen atoms in total. The number of ether oxygens (including phenoxy) is 4. The van der Waals surface area contributed by atoms with Crippen LogP contribution in [0.2, 0.25) is 0 Å². The van der Waals surface area contributed by atoms with E-state index in [1.165, 1.54) is 6.92 Å². The van der Waals surface area contributed by atoms with E-state index in [0.717, 1.165) is 23.3 Å². The number of carbonyl (C=O) groups is 1. The van der Waals surface area contributed by atoms with Gasteiger partial charge in [-0.2, -0.15) is 0 Å². The average molecular weight is 373 g/mol. The van der Waals surface area contributed by atoms with E-state index in [4.69, 9.17) is 18.9 Å². The molecule has 0 fully saturated rings. The van der Waals surface area contributed by atoms with Crippen molar-refractivity contribution < 1.29 is 23.7 Å². The highest BCUT2D eigenvalue weighted by Gasteiger charge is 2.17. The average Bonchev–Trinajstić information content (AvgIpc) is 2.69. The second-order valence-corrected chi connectivity index (χ2v) is 6.10. The van der Waals surface area contributed by atoms with Crippen LogP contribution >= 0.6 is 0 Å². The molecular formula is C21H27NO5. The molecule has 0 aliphatic carbocycles. The van der Waals surface area contributed by atoms with Gasteiger partial charge in [0.1, 0.15) is 5.75 Å². The van der Waals surface area contributed by atoms with Gasteiger partial charge in [-0.15, -0.1) is 0 Å². The predicted molar refractivity (Wildman–Crippen MR) is 104 cm³/mol. The molecule has 1 atom stereocenters. The van der Waals surface area contributed by atoms with Crippen molar-refractivity contribution >= 4 is 5.91 Å². The molecular weight excluding hydrogens is 346 g/mol. The second kappa shape index (κ2) is 9.71. The quantitative estimate of drug-likeness (QED) is 0.728. The highest BCUT2D eigenvalue weighted by atomic mass is 16.5. The van der Waals surface area contributed by atoms with Crippen LogP contribution in [-0.2, 0) is 11.2 Å². The Hall–Kier alpha value is -2.89. The molecule has 27 heavy (non-hydrogen) atoms. The van der Waals surface area contributed by atoms with Crippen LogP contribution in [0.25, 0.3) is 0 Å². The Morgan fingerprint density at radius 3 is 2.15 bits per heavy atom.